The lowest BCUT2D eigenvalue weighted by Gasteiger charge is -2.05. The first-order valence-electron chi connectivity index (χ1n) is 4.96. The molecule has 82 valence electrons. The highest BCUT2D eigenvalue weighted by Gasteiger charge is 2.10. The zero-order chi connectivity index (χ0) is 11.5. The first-order chi connectivity index (χ1) is 7.68. The lowest BCUT2D eigenvalue weighted by Crippen LogP contribution is -2.05. The molecular formula is C12H12N2O2. The lowest BCUT2D eigenvalue weighted by atomic mass is 10.0. The molecule has 0 aliphatic carbocycles. The number of rotatable bonds is 3. The van der Waals surface area contributed by atoms with E-state index >= 15 is 0 Å². The average molecular weight is 216 g/mol. The van der Waals surface area contributed by atoms with Crippen molar-refractivity contribution in [2.45, 2.75) is 6.42 Å². The first kappa shape index (κ1) is 10.4. The fraction of sp³-hybridized carbons (Fsp3) is 0.167. The Labute approximate surface area is 93.2 Å². The van der Waals surface area contributed by atoms with Crippen LogP contribution in [0.25, 0.3) is 0 Å². The van der Waals surface area contributed by atoms with E-state index in [-0.39, 0.29) is 0 Å². The van der Waals surface area contributed by atoms with E-state index in [1.165, 1.54) is 0 Å². The van der Waals surface area contributed by atoms with E-state index in [2.05, 4.69) is 4.98 Å². The molecule has 2 rings (SSSR count). The standard InChI is InChI=1S/C12H12N2O2/c1-14-7-6-13-11(14)8-9-4-2-3-5-10(9)12(15)16/h2-7H,8H2,1H3,(H,15,16). The molecule has 1 aromatic heterocycles. The van der Waals surface area contributed by atoms with E-state index < -0.39 is 5.97 Å². The Morgan fingerprint density at radius 1 is 1.44 bits per heavy atom. The van der Waals surface area contributed by atoms with E-state index in [0.29, 0.717) is 12.0 Å². The van der Waals surface area contributed by atoms with Gasteiger partial charge in [0.1, 0.15) is 5.82 Å². The number of carboxylic acids is 1. The van der Waals surface area contributed by atoms with E-state index in [4.69, 9.17) is 5.11 Å². The predicted octanol–water partition coefficient (Wildman–Crippen LogP) is 1.71. The summed E-state index contributed by atoms with van der Waals surface area (Å²) in [6.45, 7) is 0. The molecule has 1 heterocycles. The number of hydrogen-bond donors (Lipinski definition) is 1. The number of hydrogen-bond acceptors (Lipinski definition) is 2. The zero-order valence-corrected chi connectivity index (χ0v) is 8.92. The second kappa shape index (κ2) is 4.18. The van der Waals surface area contributed by atoms with Crippen LogP contribution in [0.2, 0.25) is 0 Å². The molecule has 1 N–H and O–H groups in total. The topological polar surface area (TPSA) is 55.1 Å². The van der Waals surface area contributed by atoms with Gasteiger partial charge in [-0.05, 0) is 11.6 Å². The Kier molecular flexibility index (Phi) is 2.72. The zero-order valence-electron chi connectivity index (χ0n) is 8.92. The maximum atomic E-state index is 11.0. The fourth-order valence-corrected chi connectivity index (χ4v) is 1.62. The van der Waals surface area contributed by atoms with Crippen molar-refractivity contribution in [1.29, 1.82) is 0 Å². The SMILES string of the molecule is Cn1ccnc1Cc1ccccc1C(=O)O. The number of carbonyl (C=O) groups is 1. The van der Waals surface area contributed by atoms with Gasteiger partial charge in [0.15, 0.2) is 0 Å². The van der Waals surface area contributed by atoms with Gasteiger partial charge in [-0.3, -0.25) is 0 Å². The van der Waals surface area contributed by atoms with Crippen molar-refractivity contribution in [2.24, 2.45) is 7.05 Å². The van der Waals surface area contributed by atoms with Gasteiger partial charge in [0.2, 0.25) is 0 Å². The van der Waals surface area contributed by atoms with Crippen molar-refractivity contribution in [2.75, 3.05) is 0 Å². The van der Waals surface area contributed by atoms with Crippen molar-refractivity contribution in [3.8, 4) is 0 Å². The molecular weight excluding hydrogens is 204 g/mol. The van der Waals surface area contributed by atoms with Crippen LogP contribution in [-0.4, -0.2) is 20.6 Å². The second-order valence-electron chi connectivity index (χ2n) is 3.59. The summed E-state index contributed by atoms with van der Waals surface area (Å²) in [5.41, 5.74) is 1.12. The van der Waals surface area contributed by atoms with Crippen LogP contribution in [0.1, 0.15) is 21.7 Å². The third-order valence-corrected chi connectivity index (χ3v) is 2.52. The number of aryl methyl sites for hydroxylation is 1. The molecule has 0 saturated carbocycles. The van der Waals surface area contributed by atoms with E-state index in [9.17, 15) is 4.79 Å². The summed E-state index contributed by atoms with van der Waals surface area (Å²) in [6, 6.07) is 6.99. The molecule has 0 bridgehead atoms. The van der Waals surface area contributed by atoms with Crippen LogP contribution >= 0.6 is 0 Å². The Morgan fingerprint density at radius 3 is 2.81 bits per heavy atom. The summed E-state index contributed by atoms with van der Waals surface area (Å²) in [4.78, 5) is 15.2. The molecule has 0 aliphatic rings. The van der Waals surface area contributed by atoms with Crippen LogP contribution in [0.15, 0.2) is 36.7 Å². The van der Waals surface area contributed by atoms with Crippen LogP contribution in [0, 0.1) is 0 Å². The van der Waals surface area contributed by atoms with Crippen LogP contribution in [0.5, 0.6) is 0 Å². The van der Waals surface area contributed by atoms with Crippen molar-refractivity contribution in [3.63, 3.8) is 0 Å². The van der Waals surface area contributed by atoms with Crippen molar-refractivity contribution in [1.82, 2.24) is 9.55 Å². The molecule has 0 atom stereocenters. The second-order valence-corrected chi connectivity index (χ2v) is 3.59. The third-order valence-electron chi connectivity index (χ3n) is 2.52. The van der Waals surface area contributed by atoms with Gasteiger partial charge in [-0.2, -0.15) is 0 Å². The summed E-state index contributed by atoms with van der Waals surface area (Å²) in [7, 11) is 1.89. The van der Waals surface area contributed by atoms with Crippen molar-refractivity contribution in [3.05, 3.63) is 53.6 Å². The van der Waals surface area contributed by atoms with Gasteiger partial charge in [-0.25, -0.2) is 9.78 Å². The van der Waals surface area contributed by atoms with Gasteiger partial charge < -0.3 is 9.67 Å². The molecule has 0 unspecified atom stereocenters. The minimum atomic E-state index is -0.898. The average Bonchev–Trinajstić information content (AvgIpc) is 2.65. The Balaban J connectivity index is 2.35. The summed E-state index contributed by atoms with van der Waals surface area (Å²) in [5.74, 6) is -0.0430. The molecule has 16 heavy (non-hydrogen) atoms. The summed E-state index contributed by atoms with van der Waals surface area (Å²) >= 11 is 0. The monoisotopic (exact) mass is 216 g/mol. The Morgan fingerprint density at radius 2 is 2.19 bits per heavy atom. The van der Waals surface area contributed by atoms with E-state index in [0.717, 1.165) is 11.4 Å². The summed E-state index contributed by atoms with van der Waals surface area (Å²) in [6.07, 6.45) is 4.09. The number of aromatic carboxylic acids is 1. The molecule has 0 aliphatic heterocycles. The fourth-order valence-electron chi connectivity index (χ4n) is 1.62. The van der Waals surface area contributed by atoms with Gasteiger partial charge in [-0.1, -0.05) is 18.2 Å². The van der Waals surface area contributed by atoms with Gasteiger partial charge in [0, 0.05) is 25.9 Å². The molecule has 0 radical (unpaired) electrons. The van der Waals surface area contributed by atoms with Gasteiger partial charge in [0.25, 0.3) is 0 Å². The maximum absolute atomic E-state index is 11.0. The van der Waals surface area contributed by atoms with Gasteiger partial charge in [-0.15, -0.1) is 0 Å². The minimum Gasteiger partial charge on any atom is -0.478 e. The molecule has 0 saturated heterocycles. The molecule has 1 aromatic carbocycles. The number of benzene rings is 1. The third kappa shape index (κ3) is 1.95. The van der Waals surface area contributed by atoms with Crippen LogP contribution < -0.4 is 0 Å². The molecule has 0 spiro atoms. The maximum Gasteiger partial charge on any atom is 0.335 e. The highest BCUT2D eigenvalue weighted by molar-refractivity contribution is 5.89. The van der Waals surface area contributed by atoms with Gasteiger partial charge in [0.05, 0.1) is 5.56 Å². The van der Waals surface area contributed by atoms with Crippen molar-refractivity contribution >= 4 is 5.97 Å². The molecule has 4 nitrogen and oxygen atoms in total. The Hall–Kier alpha value is -2.10. The molecule has 0 amide bonds. The van der Waals surface area contributed by atoms with E-state index in [1.54, 1.807) is 18.3 Å². The highest BCUT2D eigenvalue weighted by Crippen LogP contribution is 2.13. The largest absolute Gasteiger partial charge is 0.478 e. The quantitative estimate of drug-likeness (QED) is 0.849. The highest BCUT2D eigenvalue weighted by atomic mass is 16.4. The predicted molar refractivity (Wildman–Crippen MR) is 59.4 cm³/mol. The van der Waals surface area contributed by atoms with Crippen molar-refractivity contribution < 1.29 is 9.90 Å². The smallest absolute Gasteiger partial charge is 0.335 e. The number of imidazole rings is 1. The first-order valence-corrected chi connectivity index (χ1v) is 4.96. The number of carboxylic acid groups (broad SMARTS) is 1. The van der Waals surface area contributed by atoms with Crippen LogP contribution in [-0.2, 0) is 13.5 Å². The number of aromatic nitrogens is 2. The van der Waals surface area contributed by atoms with Crippen LogP contribution in [0.4, 0.5) is 0 Å². The Bertz CT molecular complexity index is 517. The van der Waals surface area contributed by atoms with Crippen LogP contribution in [0.3, 0.4) is 0 Å². The van der Waals surface area contributed by atoms with Gasteiger partial charge >= 0.3 is 5.97 Å². The summed E-state index contributed by atoms with van der Waals surface area (Å²) in [5, 5.41) is 9.04. The molecule has 4 heteroatoms. The molecule has 0 fully saturated rings. The summed E-state index contributed by atoms with van der Waals surface area (Å²) < 4.78 is 1.89. The lowest BCUT2D eigenvalue weighted by molar-refractivity contribution is 0.0696. The minimum absolute atomic E-state index is 0.338. The van der Waals surface area contributed by atoms with E-state index in [1.807, 2.05) is 29.9 Å². The number of nitrogens with zero attached hydrogens (tertiary/aromatic N) is 2. The normalized spacial score (nSPS) is 10.3. The molecule has 2 aromatic rings.